The highest BCUT2D eigenvalue weighted by Crippen LogP contribution is 2.16. The fraction of sp³-hybridized carbons (Fsp3) is 0.545. The molecule has 82 valence electrons. The van der Waals surface area contributed by atoms with Crippen LogP contribution in [0.4, 0.5) is 0 Å². The van der Waals surface area contributed by atoms with Crippen LogP contribution in [0.3, 0.4) is 0 Å². The fourth-order valence-corrected chi connectivity index (χ4v) is 2.52. The Morgan fingerprint density at radius 2 is 2.53 bits per heavy atom. The predicted octanol–water partition coefficient (Wildman–Crippen LogP) is 1.22. The van der Waals surface area contributed by atoms with Crippen LogP contribution in [-0.4, -0.2) is 19.0 Å². The van der Waals surface area contributed by atoms with Gasteiger partial charge in [0.1, 0.15) is 0 Å². The zero-order valence-electron chi connectivity index (χ0n) is 8.82. The van der Waals surface area contributed by atoms with E-state index >= 15 is 0 Å². The Morgan fingerprint density at radius 3 is 3.13 bits per heavy atom. The molecule has 1 aliphatic rings. The van der Waals surface area contributed by atoms with Gasteiger partial charge in [0.25, 0.3) is 0 Å². The van der Waals surface area contributed by atoms with Gasteiger partial charge in [-0.1, -0.05) is 13.0 Å². The number of amides is 1. The Labute approximate surface area is 93.9 Å². The molecular formula is C11H16N2OS. The lowest BCUT2D eigenvalue weighted by atomic mass is 9.97. The fourth-order valence-electron chi connectivity index (χ4n) is 1.88. The highest BCUT2D eigenvalue weighted by molar-refractivity contribution is 7.09. The molecule has 3 nitrogen and oxygen atoms in total. The first-order valence-corrected chi connectivity index (χ1v) is 6.16. The third-order valence-electron chi connectivity index (χ3n) is 2.87. The van der Waals surface area contributed by atoms with Crippen LogP contribution in [0.1, 0.15) is 11.8 Å². The van der Waals surface area contributed by atoms with E-state index in [2.05, 4.69) is 17.6 Å². The van der Waals surface area contributed by atoms with Gasteiger partial charge >= 0.3 is 0 Å². The van der Waals surface area contributed by atoms with Crippen molar-refractivity contribution in [1.82, 2.24) is 10.6 Å². The molecule has 0 aliphatic carbocycles. The quantitative estimate of drug-likeness (QED) is 0.810. The van der Waals surface area contributed by atoms with Crippen LogP contribution in [0.25, 0.3) is 0 Å². The van der Waals surface area contributed by atoms with Gasteiger partial charge in [0.2, 0.25) is 5.91 Å². The first-order chi connectivity index (χ1) is 7.27. The Bertz CT molecular complexity index is 323. The molecule has 0 saturated carbocycles. The first kappa shape index (κ1) is 10.6. The lowest BCUT2D eigenvalue weighted by Gasteiger charge is -2.13. The van der Waals surface area contributed by atoms with E-state index in [-0.39, 0.29) is 11.8 Å². The first-order valence-electron chi connectivity index (χ1n) is 5.28. The van der Waals surface area contributed by atoms with Crippen molar-refractivity contribution in [3.05, 3.63) is 22.4 Å². The van der Waals surface area contributed by atoms with Crippen molar-refractivity contribution in [1.29, 1.82) is 0 Å². The van der Waals surface area contributed by atoms with Crippen molar-refractivity contribution in [3.63, 3.8) is 0 Å². The number of carbonyl (C=O) groups excluding carboxylic acids is 1. The van der Waals surface area contributed by atoms with Gasteiger partial charge in [-0.25, -0.2) is 0 Å². The summed E-state index contributed by atoms with van der Waals surface area (Å²) < 4.78 is 0. The molecule has 1 amide bonds. The average Bonchev–Trinajstić information content (AvgIpc) is 2.84. The smallest absolute Gasteiger partial charge is 0.225 e. The highest BCUT2D eigenvalue weighted by Gasteiger charge is 2.29. The molecule has 2 heterocycles. The SMILES string of the molecule is C[C@@H]1CNC[C@H]1C(=O)NCc1cccs1. The highest BCUT2D eigenvalue weighted by atomic mass is 32.1. The van der Waals surface area contributed by atoms with Gasteiger partial charge in [-0.2, -0.15) is 0 Å². The minimum absolute atomic E-state index is 0.143. The maximum atomic E-state index is 11.8. The van der Waals surface area contributed by atoms with Crippen molar-refractivity contribution in [2.75, 3.05) is 13.1 Å². The molecule has 1 aliphatic heterocycles. The number of nitrogens with one attached hydrogen (secondary N) is 2. The minimum Gasteiger partial charge on any atom is -0.351 e. The second-order valence-corrected chi connectivity index (χ2v) is 5.07. The number of rotatable bonds is 3. The summed E-state index contributed by atoms with van der Waals surface area (Å²) in [5.41, 5.74) is 0. The van der Waals surface area contributed by atoms with Gasteiger partial charge in [0.05, 0.1) is 12.5 Å². The zero-order chi connectivity index (χ0) is 10.7. The summed E-state index contributed by atoms with van der Waals surface area (Å²) in [6.45, 7) is 4.56. The molecule has 1 aromatic heterocycles. The van der Waals surface area contributed by atoms with E-state index in [0.29, 0.717) is 12.5 Å². The van der Waals surface area contributed by atoms with Crippen molar-refractivity contribution < 1.29 is 4.79 Å². The Kier molecular flexibility index (Phi) is 3.38. The molecule has 0 unspecified atom stereocenters. The molecule has 0 radical (unpaired) electrons. The summed E-state index contributed by atoms with van der Waals surface area (Å²) >= 11 is 1.68. The molecule has 1 fully saturated rings. The molecule has 2 atom stereocenters. The lowest BCUT2D eigenvalue weighted by molar-refractivity contribution is -0.125. The molecule has 0 spiro atoms. The van der Waals surface area contributed by atoms with Crippen molar-refractivity contribution >= 4 is 17.2 Å². The largest absolute Gasteiger partial charge is 0.351 e. The molecule has 0 aromatic carbocycles. The second-order valence-electron chi connectivity index (χ2n) is 4.04. The molecule has 15 heavy (non-hydrogen) atoms. The monoisotopic (exact) mass is 224 g/mol. The molecular weight excluding hydrogens is 208 g/mol. The van der Waals surface area contributed by atoms with Gasteiger partial charge in [0, 0.05) is 11.4 Å². The Balaban J connectivity index is 1.82. The lowest BCUT2D eigenvalue weighted by Crippen LogP contribution is -2.33. The van der Waals surface area contributed by atoms with Gasteiger partial charge in [-0.3, -0.25) is 4.79 Å². The molecule has 1 aromatic rings. The number of hydrogen-bond acceptors (Lipinski definition) is 3. The van der Waals surface area contributed by atoms with Crippen molar-refractivity contribution in [2.24, 2.45) is 11.8 Å². The summed E-state index contributed by atoms with van der Waals surface area (Å²) in [6, 6.07) is 4.05. The molecule has 2 rings (SSSR count). The molecule has 2 N–H and O–H groups in total. The second kappa shape index (κ2) is 4.77. The Morgan fingerprint density at radius 1 is 1.67 bits per heavy atom. The summed E-state index contributed by atoms with van der Waals surface area (Å²) in [5, 5.41) is 8.26. The van der Waals surface area contributed by atoms with Crippen LogP contribution in [0.2, 0.25) is 0 Å². The minimum atomic E-state index is 0.143. The maximum absolute atomic E-state index is 11.8. The van der Waals surface area contributed by atoms with Crippen molar-refractivity contribution in [3.8, 4) is 0 Å². The van der Waals surface area contributed by atoms with Gasteiger partial charge in [0.15, 0.2) is 0 Å². The predicted molar refractivity (Wildman–Crippen MR) is 61.7 cm³/mol. The molecule has 0 bridgehead atoms. The molecule has 1 saturated heterocycles. The molecule has 4 heteroatoms. The standard InChI is InChI=1S/C11H16N2OS/c1-8-5-12-7-10(8)11(14)13-6-9-3-2-4-15-9/h2-4,8,10,12H,5-7H2,1H3,(H,13,14)/t8-,10-/m1/s1. The van der Waals surface area contributed by atoms with E-state index in [1.807, 2.05) is 17.5 Å². The number of thiophene rings is 1. The van der Waals surface area contributed by atoms with E-state index < -0.39 is 0 Å². The van der Waals surface area contributed by atoms with E-state index in [9.17, 15) is 4.79 Å². The van der Waals surface area contributed by atoms with E-state index in [1.54, 1.807) is 11.3 Å². The van der Waals surface area contributed by atoms with E-state index in [0.717, 1.165) is 13.1 Å². The van der Waals surface area contributed by atoms with E-state index in [4.69, 9.17) is 0 Å². The Hall–Kier alpha value is -0.870. The van der Waals surface area contributed by atoms with E-state index in [1.165, 1.54) is 4.88 Å². The topological polar surface area (TPSA) is 41.1 Å². The zero-order valence-corrected chi connectivity index (χ0v) is 9.64. The van der Waals surface area contributed by atoms with Crippen LogP contribution in [0.15, 0.2) is 17.5 Å². The summed E-state index contributed by atoms with van der Waals surface area (Å²) in [6.07, 6.45) is 0. The summed E-state index contributed by atoms with van der Waals surface area (Å²) in [5.74, 6) is 0.777. The summed E-state index contributed by atoms with van der Waals surface area (Å²) in [4.78, 5) is 13.0. The summed E-state index contributed by atoms with van der Waals surface area (Å²) in [7, 11) is 0. The number of hydrogen-bond donors (Lipinski definition) is 2. The third kappa shape index (κ3) is 2.58. The number of carbonyl (C=O) groups is 1. The van der Waals surface area contributed by atoms with Crippen LogP contribution in [0.5, 0.6) is 0 Å². The average molecular weight is 224 g/mol. The van der Waals surface area contributed by atoms with Crippen LogP contribution < -0.4 is 10.6 Å². The van der Waals surface area contributed by atoms with Gasteiger partial charge < -0.3 is 10.6 Å². The van der Waals surface area contributed by atoms with Crippen LogP contribution in [-0.2, 0) is 11.3 Å². The van der Waals surface area contributed by atoms with Gasteiger partial charge in [-0.15, -0.1) is 11.3 Å². The van der Waals surface area contributed by atoms with Crippen LogP contribution >= 0.6 is 11.3 Å². The van der Waals surface area contributed by atoms with Gasteiger partial charge in [-0.05, 0) is 23.9 Å². The van der Waals surface area contributed by atoms with Crippen LogP contribution in [0, 0.1) is 11.8 Å². The normalized spacial score (nSPS) is 25.4. The van der Waals surface area contributed by atoms with Crippen molar-refractivity contribution in [2.45, 2.75) is 13.5 Å². The maximum Gasteiger partial charge on any atom is 0.225 e. The third-order valence-corrected chi connectivity index (χ3v) is 3.75.